The first kappa shape index (κ1) is 16.9. The Morgan fingerprint density at radius 3 is 2.41 bits per heavy atom. The van der Waals surface area contributed by atoms with Gasteiger partial charge in [-0.2, -0.15) is 13.2 Å². The molecule has 2 rings (SSSR count). The Labute approximate surface area is 131 Å². The van der Waals surface area contributed by atoms with Crippen molar-refractivity contribution < 1.29 is 22.7 Å². The number of carbonyl (C=O) groups excluding carboxylic acids is 1. The van der Waals surface area contributed by atoms with Crippen molar-refractivity contribution in [3.8, 4) is 0 Å². The fourth-order valence-electron chi connectivity index (χ4n) is 2.29. The van der Waals surface area contributed by atoms with Crippen LogP contribution >= 0.6 is 11.6 Å². The molecule has 1 aromatic rings. The Balaban J connectivity index is 2.08. The standard InChI is InChI=1S/C14H16ClF3N2O2/c15-10-1-3-11(4-2-10)19-13(21)20(9-14(16,17)18)12-5-7-22-8-6-12/h1-4,12H,5-9H2,(H,19,21). The number of ether oxygens (including phenoxy) is 1. The van der Waals surface area contributed by atoms with Gasteiger partial charge in [-0.3, -0.25) is 0 Å². The van der Waals surface area contributed by atoms with Crippen molar-refractivity contribution in [3.05, 3.63) is 29.3 Å². The summed E-state index contributed by atoms with van der Waals surface area (Å²) in [5.41, 5.74) is 0.397. The second-order valence-electron chi connectivity index (χ2n) is 5.02. The van der Waals surface area contributed by atoms with Crippen molar-refractivity contribution in [2.24, 2.45) is 0 Å². The van der Waals surface area contributed by atoms with Crippen molar-refractivity contribution >= 4 is 23.3 Å². The zero-order valence-corrected chi connectivity index (χ0v) is 12.5. The summed E-state index contributed by atoms with van der Waals surface area (Å²) < 4.78 is 43.4. The lowest BCUT2D eigenvalue weighted by Gasteiger charge is -2.34. The molecule has 0 atom stereocenters. The molecule has 1 fully saturated rings. The number of carbonyl (C=O) groups is 1. The predicted octanol–water partition coefficient (Wildman–Crippen LogP) is 3.92. The van der Waals surface area contributed by atoms with Gasteiger partial charge in [-0.15, -0.1) is 0 Å². The number of benzene rings is 1. The molecule has 0 saturated carbocycles. The van der Waals surface area contributed by atoms with Gasteiger partial charge in [-0.25, -0.2) is 4.79 Å². The Kier molecular flexibility index (Phi) is 5.52. The molecule has 122 valence electrons. The third kappa shape index (κ3) is 5.06. The lowest BCUT2D eigenvalue weighted by molar-refractivity contribution is -0.146. The van der Waals surface area contributed by atoms with Crippen molar-refractivity contribution in [1.82, 2.24) is 4.90 Å². The minimum Gasteiger partial charge on any atom is -0.381 e. The average Bonchev–Trinajstić information content (AvgIpc) is 2.47. The molecule has 0 aliphatic carbocycles. The van der Waals surface area contributed by atoms with Crippen molar-refractivity contribution in [3.63, 3.8) is 0 Å². The van der Waals surface area contributed by atoms with E-state index < -0.39 is 24.8 Å². The van der Waals surface area contributed by atoms with Crippen molar-refractivity contribution in [1.29, 1.82) is 0 Å². The number of hydrogen-bond donors (Lipinski definition) is 1. The molecule has 0 spiro atoms. The van der Waals surface area contributed by atoms with E-state index in [1.807, 2.05) is 0 Å². The first-order chi connectivity index (χ1) is 10.3. The maximum Gasteiger partial charge on any atom is 0.406 e. The van der Waals surface area contributed by atoms with E-state index in [1.54, 1.807) is 12.1 Å². The predicted molar refractivity (Wildman–Crippen MR) is 77.1 cm³/mol. The van der Waals surface area contributed by atoms with Gasteiger partial charge in [-0.1, -0.05) is 11.6 Å². The van der Waals surface area contributed by atoms with Crippen LogP contribution in [0.2, 0.25) is 5.02 Å². The second-order valence-corrected chi connectivity index (χ2v) is 5.46. The van der Waals surface area contributed by atoms with Gasteiger partial charge >= 0.3 is 12.2 Å². The summed E-state index contributed by atoms with van der Waals surface area (Å²) in [4.78, 5) is 13.0. The van der Waals surface area contributed by atoms with Gasteiger partial charge < -0.3 is 15.0 Å². The number of alkyl halides is 3. The van der Waals surface area contributed by atoms with Crippen LogP contribution in [0.15, 0.2) is 24.3 Å². The van der Waals surface area contributed by atoms with E-state index in [4.69, 9.17) is 16.3 Å². The number of urea groups is 1. The number of nitrogens with one attached hydrogen (secondary N) is 1. The minimum atomic E-state index is -4.45. The highest BCUT2D eigenvalue weighted by atomic mass is 35.5. The number of amides is 2. The normalized spacial score (nSPS) is 16.4. The van der Waals surface area contributed by atoms with E-state index in [2.05, 4.69) is 5.32 Å². The number of hydrogen-bond acceptors (Lipinski definition) is 2. The minimum absolute atomic E-state index is 0.354. The monoisotopic (exact) mass is 336 g/mol. The number of halogens is 4. The molecule has 0 radical (unpaired) electrons. The zero-order valence-electron chi connectivity index (χ0n) is 11.7. The molecule has 1 aromatic carbocycles. The summed E-state index contributed by atoms with van der Waals surface area (Å²) in [6.45, 7) is -0.572. The lowest BCUT2D eigenvalue weighted by Crippen LogP contribution is -2.49. The van der Waals surface area contributed by atoms with E-state index >= 15 is 0 Å². The lowest BCUT2D eigenvalue weighted by atomic mass is 10.1. The van der Waals surface area contributed by atoms with E-state index in [9.17, 15) is 18.0 Å². The van der Waals surface area contributed by atoms with Gasteiger partial charge in [0.15, 0.2) is 0 Å². The molecule has 0 aromatic heterocycles. The van der Waals surface area contributed by atoms with Crippen LogP contribution in [0.4, 0.5) is 23.7 Å². The Morgan fingerprint density at radius 2 is 1.86 bits per heavy atom. The Morgan fingerprint density at radius 1 is 1.27 bits per heavy atom. The van der Waals surface area contributed by atoms with Crippen LogP contribution < -0.4 is 5.32 Å². The van der Waals surface area contributed by atoms with Crippen LogP contribution in [-0.2, 0) is 4.74 Å². The summed E-state index contributed by atoms with van der Waals surface area (Å²) in [5.74, 6) is 0. The second kappa shape index (κ2) is 7.19. The SMILES string of the molecule is O=C(Nc1ccc(Cl)cc1)N(CC(F)(F)F)C1CCOCC1. The maximum absolute atomic E-state index is 12.7. The molecule has 1 saturated heterocycles. The largest absolute Gasteiger partial charge is 0.406 e. The number of nitrogens with zero attached hydrogens (tertiary/aromatic N) is 1. The van der Waals surface area contributed by atoms with Crippen LogP contribution in [0.5, 0.6) is 0 Å². The summed E-state index contributed by atoms with van der Waals surface area (Å²) >= 11 is 5.73. The molecule has 22 heavy (non-hydrogen) atoms. The van der Waals surface area contributed by atoms with Gasteiger partial charge in [0.05, 0.1) is 0 Å². The Hall–Kier alpha value is -1.47. The highest BCUT2D eigenvalue weighted by molar-refractivity contribution is 6.30. The molecule has 1 heterocycles. The third-order valence-electron chi connectivity index (χ3n) is 3.34. The fraction of sp³-hybridized carbons (Fsp3) is 0.500. The molecule has 0 bridgehead atoms. The maximum atomic E-state index is 12.7. The van der Waals surface area contributed by atoms with Gasteiger partial charge in [0, 0.05) is 30.0 Å². The molecular weight excluding hydrogens is 321 g/mol. The molecule has 8 heteroatoms. The third-order valence-corrected chi connectivity index (χ3v) is 3.59. The first-order valence-corrected chi connectivity index (χ1v) is 7.20. The van der Waals surface area contributed by atoms with Crippen LogP contribution in [0.1, 0.15) is 12.8 Å². The number of rotatable bonds is 3. The topological polar surface area (TPSA) is 41.6 Å². The Bertz CT molecular complexity index is 502. The van der Waals surface area contributed by atoms with Crippen LogP contribution in [0.3, 0.4) is 0 Å². The molecule has 0 unspecified atom stereocenters. The van der Waals surface area contributed by atoms with Crippen LogP contribution in [0.25, 0.3) is 0 Å². The molecular formula is C14H16ClF3N2O2. The van der Waals surface area contributed by atoms with E-state index in [-0.39, 0.29) is 0 Å². The fourth-order valence-corrected chi connectivity index (χ4v) is 2.41. The molecule has 1 N–H and O–H groups in total. The van der Waals surface area contributed by atoms with Gasteiger partial charge in [0.1, 0.15) is 6.54 Å². The summed E-state index contributed by atoms with van der Waals surface area (Å²) in [5, 5.41) is 2.96. The van der Waals surface area contributed by atoms with Crippen molar-refractivity contribution in [2.45, 2.75) is 25.1 Å². The van der Waals surface area contributed by atoms with Crippen LogP contribution in [-0.4, -0.2) is 42.9 Å². The molecule has 4 nitrogen and oxygen atoms in total. The highest BCUT2D eigenvalue weighted by Crippen LogP contribution is 2.23. The average molecular weight is 337 g/mol. The molecule has 1 aliphatic heterocycles. The summed E-state index contributed by atoms with van der Waals surface area (Å²) in [7, 11) is 0. The van der Waals surface area contributed by atoms with Crippen molar-refractivity contribution in [2.75, 3.05) is 25.1 Å². The quantitative estimate of drug-likeness (QED) is 0.909. The van der Waals surface area contributed by atoms with E-state index in [0.717, 1.165) is 4.90 Å². The van der Waals surface area contributed by atoms with Crippen LogP contribution in [0, 0.1) is 0 Å². The first-order valence-electron chi connectivity index (χ1n) is 6.83. The zero-order chi connectivity index (χ0) is 16.2. The summed E-state index contributed by atoms with van der Waals surface area (Å²) in [6.07, 6.45) is -3.66. The smallest absolute Gasteiger partial charge is 0.381 e. The summed E-state index contributed by atoms with van der Waals surface area (Å²) in [6, 6.07) is 4.93. The molecule has 2 amide bonds. The highest BCUT2D eigenvalue weighted by Gasteiger charge is 2.37. The van der Waals surface area contributed by atoms with E-state index in [0.29, 0.717) is 36.8 Å². The van der Waals surface area contributed by atoms with Gasteiger partial charge in [0.2, 0.25) is 0 Å². The van der Waals surface area contributed by atoms with E-state index in [1.165, 1.54) is 12.1 Å². The van der Waals surface area contributed by atoms with Gasteiger partial charge in [-0.05, 0) is 37.1 Å². The molecule has 1 aliphatic rings. The number of anilines is 1. The van der Waals surface area contributed by atoms with Gasteiger partial charge in [0.25, 0.3) is 0 Å².